The number of nitrogens with one attached hydrogen (secondary N) is 1. The van der Waals surface area contributed by atoms with E-state index >= 15 is 0 Å². The Bertz CT molecular complexity index is 910. The van der Waals surface area contributed by atoms with E-state index in [2.05, 4.69) is 42.3 Å². The minimum Gasteiger partial charge on any atom is -0.322 e. The lowest BCUT2D eigenvalue weighted by atomic mass is 10.2. The van der Waals surface area contributed by atoms with E-state index in [1.54, 1.807) is 0 Å². The molecule has 1 atom stereocenters. The van der Waals surface area contributed by atoms with Crippen LogP contribution in [0, 0.1) is 17.0 Å². The van der Waals surface area contributed by atoms with Crippen molar-refractivity contribution < 1.29 is 22.9 Å². The lowest BCUT2D eigenvalue weighted by molar-refractivity contribution is -0.385. The summed E-state index contributed by atoms with van der Waals surface area (Å²) in [6.07, 6.45) is -4.76. The highest BCUT2D eigenvalue weighted by molar-refractivity contribution is 9.11. The molecule has 0 bridgehead atoms. The van der Waals surface area contributed by atoms with Crippen LogP contribution in [0.3, 0.4) is 0 Å². The van der Waals surface area contributed by atoms with Crippen LogP contribution in [0.4, 0.5) is 24.5 Å². The van der Waals surface area contributed by atoms with Crippen LogP contribution in [0.5, 0.6) is 0 Å². The maximum Gasteiger partial charge on any atom is 0.436 e. The summed E-state index contributed by atoms with van der Waals surface area (Å²) in [4.78, 5) is 22.7. The molecule has 1 aromatic heterocycles. The molecular weight excluding hydrogens is 524 g/mol. The van der Waals surface area contributed by atoms with E-state index in [1.165, 1.54) is 26.0 Å². The summed E-state index contributed by atoms with van der Waals surface area (Å²) in [5.41, 5.74) is -1.33. The standard InChI is InChI=1S/C14H10Br2ClF3N4O3/c1-5-10(17)12(14(18,19)20)22-23(5)6(2)13(25)21-11-8(15)3-7(24(26)27)4-9(11)16/h3-4,6H,1-2H3,(H,21,25). The zero-order valence-corrected chi connectivity index (χ0v) is 17.5. The van der Waals surface area contributed by atoms with Crippen molar-refractivity contribution in [2.75, 3.05) is 5.32 Å². The van der Waals surface area contributed by atoms with Crippen LogP contribution in [0.1, 0.15) is 24.4 Å². The van der Waals surface area contributed by atoms with E-state index in [-0.39, 0.29) is 26.0 Å². The van der Waals surface area contributed by atoms with Gasteiger partial charge in [-0.15, -0.1) is 0 Å². The first-order valence-corrected chi connectivity index (χ1v) is 9.07. The number of hydrogen-bond donors (Lipinski definition) is 1. The first-order chi connectivity index (χ1) is 12.3. The van der Waals surface area contributed by atoms with Gasteiger partial charge in [0.2, 0.25) is 5.91 Å². The number of carbonyl (C=O) groups excluding carboxylic acids is 1. The Morgan fingerprint density at radius 2 is 1.89 bits per heavy atom. The van der Waals surface area contributed by atoms with Gasteiger partial charge in [-0.25, -0.2) is 0 Å². The summed E-state index contributed by atoms with van der Waals surface area (Å²) in [7, 11) is 0. The van der Waals surface area contributed by atoms with Gasteiger partial charge in [0.25, 0.3) is 5.69 Å². The molecule has 0 radical (unpaired) electrons. The first-order valence-electron chi connectivity index (χ1n) is 7.10. The van der Waals surface area contributed by atoms with E-state index in [9.17, 15) is 28.1 Å². The summed E-state index contributed by atoms with van der Waals surface area (Å²) in [6, 6.07) is 1.23. The van der Waals surface area contributed by atoms with Crippen molar-refractivity contribution in [3.63, 3.8) is 0 Å². The lowest BCUT2D eigenvalue weighted by Gasteiger charge is -2.16. The topological polar surface area (TPSA) is 90.1 Å². The molecule has 7 nitrogen and oxygen atoms in total. The van der Waals surface area contributed by atoms with Crippen molar-refractivity contribution in [3.8, 4) is 0 Å². The molecule has 13 heteroatoms. The Labute approximate surface area is 172 Å². The van der Waals surface area contributed by atoms with E-state index in [1.807, 2.05) is 0 Å². The molecule has 1 heterocycles. The van der Waals surface area contributed by atoms with Crippen LogP contribution in [-0.4, -0.2) is 20.6 Å². The molecule has 0 saturated carbocycles. The third-order valence-electron chi connectivity index (χ3n) is 3.58. The number of aromatic nitrogens is 2. The number of amides is 1. The summed E-state index contributed by atoms with van der Waals surface area (Å²) in [6.45, 7) is 2.66. The number of hydrogen-bond acceptors (Lipinski definition) is 4. The van der Waals surface area contributed by atoms with Crippen molar-refractivity contribution >= 4 is 60.7 Å². The van der Waals surface area contributed by atoms with Gasteiger partial charge in [-0.3, -0.25) is 19.6 Å². The molecule has 0 aliphatic heterocycles. The van der Waals surface area contributed by atoms with Crippen molar-refractivity contribution in [2.24, 2.45) is 0 Å². The number of nitro benzene ring substituents is 1. The minimum atomic E-state index is -4.76. The molecule has 0 aliphatic carbocycles. The average molecular weight is 535 g/mol. The van der Waals surface area contributed by atoms with E-state index in [0.29, 0.717) is 0 Å². The number of carbonyl (C=O) groups is 1. The van der Waals surface area contributed by atoms with Crippen LogP contribution >= 0.6 is 43.5 Å². The largest absolute Gasteiger partial charge is 0.436 e. The molecule has 2 aromatic rings. The maximum absolute atomic E-state index is 12.9. The van der Waals surface area contributed by atoms with E-state index in [4.69, 9.17) is 11.6 Å². The second-order valence-corrected chi connectivity index (χ2v) is 7.48. The van der Waals surface area contributed by atoms with Gasteiger partial charge in [-0.2, -0.15) is 18.3 Å². The molecule has 27 heavy (non-hydrogen) atoms. The Morgan fingerprint density at radius 3 is 2.30 bits per heavy atom. The normalized spacial score (nSPS) is 12.7. The van der Waals surface area contributed by atoms with Crippen LogP contribution in [-0.2, 0) is 11.0 Å². The summed E-state index contributed by atoms with van der Waals surface area (Å²) >= 11 is 11.9. The molecule has 1 aromatic carbocycles. The molecule has 2 rings (SSSR count). The molecule has 1 unspecified atom stereocenters. The maximum atomic E-state index is 12.9. The molecule has 1 amide bonds. The van der Waals surface area contributed by atoms with Crippen LogP contribution in [0.2, 0.25) is 5.02 Å². The Morgan fingerprint density at radius 1 is 1.37 bits per heavy atom. The zero-order valence-electron chi connectivity index (χ0n) is 13.6. The van der Waals surface area contributed by atoms with Gasteiger partial charge in [0, 0.05) is 21.1 Å². The molecular formula is C14H10Br2ClF3N4O3. The molecule has 1 N–H and O–H groups in total. The number of non-ortho nitro benzene ring substituents is 1. The summed E-state index contributed by atoms with van der Waals surface area (Å²) < 4.78 is 40.1. The molecule has 0 saturated heterocycles. The Kier molecular flexibility index (Phi) is 6.22. The fraction of sp³-hybridized carbons (Fsp3) is 0.286. The monoisotopic (exact) mass is 532 g/mol. The Balaban J connectivity index is 2.34. The van der Waals surface area contributed by atoms with Crippen molar-refractivity contribution in [1.82, 2.24) is 9.78 Å². The molecule has 0 aliphatic rings. The van der Waals surface area contributed by atoms with Crippen LogP contribution in [0.25, 0.3) is 0 Å². The summed E-state index contributed by atoms with van der Waals surface area (Å²) in [5.74, 6) is -0.693. The summed E-state index contributed by atoms with van der Waals surface area (Å²) in [5, 5.41) is 16.2. The van der Waals surface area contributed by atoms with Gasteiger partial charge in [-0.1, -0.05) is 11.6 Å². The quantitative estimate of drug-likeness (QED) is 0.415. The first kappa shape index (κ1) is 21.6. The van der Waals surface area contributed by atoms with Gasteiger partial charge < -0.3 is 5.32 Å². The highest BCUT2D eigenvalue weighted by atomic mass is 79.9. The predicted molar refractivity (Wildman–Crippen MR) is 98.8 cm³/mol. The number of rotatable bonds is 4. The predicted octanol–water partition coefficient (Wildman–Crippen LogP) is 5.50. The number of benzene rings is 1. The van der Waals surface area contributed by atoms with Gasteiger partial charge in [-0.05, 0) is 45.7 Å². The van der Waals surface area contributed by atoms with Gasteiger partial charge in [0.05, 0.1) is 21.3 Å². The van der Waals surface area contributed by atoms with Gasteiger partial charge >= 0.3 is 6.18 Å². The lowest BCUT2D eigenvalue weighted by Crippen LogP contribution is -2.26. The van der Waals surface area contributed by atoms with Crippen LogP contribution < -0.4 is 5.32 Å². The van der Waals surface area contributed by atoms with Crippen molar-refractivity contribution in [1.29, 1.82) is 0 Å². The van der Waals surface area contributed by atoms with Crippen molar-refractivity contribution in [3.05, 3.63) is 47.6 Å². The minimum absolute atomic E-state index is 0.0199. The Hall–Kier alpha value is -1.66. The fourth-order valence-corrected chi connectivity index (χ4v) is 3.77. The average Bonchev–Trinajstić information content (AvgIpc) is 2.85. The third-order valence-corrected chi connectivity index (χ3v) is 5.28. The highest BCUT2D eigenvalue weighted by Crippen LogP contribution is 2.37. The fourth-order valence-electron chi connectivity index (χ4n) is 2.18. The van der Waals surface area contributed by atoms with E-state index < -0.39 is 33.8 Å². The third kappa shape index (κ3) is 4.43. The van der Waals surface area contributed by atoms with Crippen LogP contribution in [0.15, 0.2) is 21.1 Å². The van der Waals surface area contributed by atoms with E-state index in [0.717, 1.165) is 4.68 Å². The van der Waals surface area contributed by atoms with Gasteiger partial charge in [0.1, 0.15) is 6.04 Å². The number of anilines is 1. The molecule has 0 fully saturated rings. The van der Waals surface area contributed by atoms with Gasteiger partial charge in [0.15, 0.2) is 5.69 Å². The number of alkyl halides is 3. The zero-order chi connectivity index (χ0) is 20.7. The molecule has 0 spiro atoms. The smallest absolute Gasteiger partial charge is 0.322 e. The SMILES string of the molecule is Cc1c(Cl)c(C(F)(F)F)nn1C(C)C(=O)Nc1c(Br)cc([N+](=O)[O-])cc1Br. The second-order valence-electron chi connectivity index (χ2n) is 5.40. The van der Waals surface area contributed by atoms with Crippen molar-refractivity contribution in [2.45, 2.75) is 26.1 Å². The second kappa shape index (κ2) is 7.76. The molecule has 146 valence electrons. The number of halogens is 6. The number of nitrogens with zero attached hydrogens (tertiary/aromatic N) is 3. The number of nitro groups is 1. The highest BCUT2D eigenvalue weighted by Gasteiger charge is 2.39.